The molecule has 1 fully saturated rings. The molecule has 12 heteroatoms. The molecule has 4 aromatic rings. The van der Waals surface area contributed by atoms with Crippen molar-refractivity contribution >= 4 is 69.0 Å². The number of rotatable bonds is 10. The van der Waals surface area contributed by atoms with Crippen LogP contribution in [0.2, 0.25) is 10.0 Å². The van der Waals surface area contributed by atoms with Crippen LogP contribution in [0.4, 0.5) is 5.69 Å². The van der Waals surface area contributed by atoms with Crippen molar-refractivity contribution in [1.82, 2.24) is 9.88 Å². The van der Waals surface area contributed by atoms with E-state index in [9.17, 15) is 14.4 Å². The summed E-state index contributed by atoms with van der Waals surface area (Å²) in [6.07, 6.45) is 4.43. The zero-order valence-electron chi connectivity index (χ0n) is 23.0. The van der Waals surface area contributed by atoms with Crippen LogP contribution in [0.15, 0.2) is 53.3 Å². The van der Waals surface area contributed by atoms with Crippen LogP contribution in [-0.2, 0) is 32.9 Å². The summed E-state index contributed by atoms with van der Waals surface area (Å²) in [5.74, 6) is -1.50. The van der Waals surface area contributed by atoms with Crippen LogP contribution in [-0.4, -0.2) is 45.4 Å². The number of carboxylic acids is 1. The van der Waals surface area contributed by atoms with Crippen molar-refractivity contribution in [3.8, 4) is 0 Å². The topological polar surface area (TPSA) is 122 Å². The Morgan fingerprint density at radius 3 is 2.76 bits per heavy atom. The van der Waals surface area contributed by atoms with Crippen molar-refractivity contribution in [2.45, 2.75) is 57.8 Å². The number of fused-ring (bicyclic) bond motifs is 1. The maximum atomic E-state index is 13.8. The fourth-order valence-corrected chi connectivity index (χ4v) is 6.71. The maximum Gasteiger partial charge on any atom is 0.303 e. The monoisotopic (exact) mass is 629 g/mol. The Morgan fingerprint density at radius 1 is 1.21 bits per heavy atom. The maximum absolute atomic E-state index is 13.8. The minimum Gasteiger partial charge on any atom is -0.481 e. The molecule has 42 heavy (non-hydrogen) atoms. The third kappa shape index (κ3) is 6.17. The van der Waals surface area contributed by atoms with Gasteiger partial charge in [-0.15, -0.1) is 11.3 Å². The van der Waals surface area contributed by atoms with E-state index in [0.717, 1.165) is 4.88 Å². The average Bonchev–Trinajstić information content (AvgIpc) is 3.68. The summed E-state index contributed by atoms with van der Waals surface area (Å²) in [5.41, 5.74) is 0.707. The van der Waals surface area contributed by atoms with Gasteiger partial charge in [-0.1, -0.05) is 41.4 Å². The number of aryl methyl sites for hydroxylation is 1. The summed E-state index contributed by atoms with van der Waals surface area (Å²) < 4.78 is 11.9. The Morgan fingerprint density at radius 2 is 2.00 bits per heavy atom. The molecule has 0 aliphatic carbocycles. The Bertz CT molecular complexity index is 1650. The second kappa shape index (κ2) is 12.4. The molecule has 5 rings (SSSR count). The van der Waals surface area contributed by atoms with E-state index in [-0.39, 0.29) is 34.9 Å². The van der Waals surface area contributed by atoms with Crippen LogP contribution in [0.25, 0.3) is 11.0 Å². The van der Waals surface area contributed by atoms with Gasteiger partial charge in [0, 0.05) is 34.4 Å². The van der Waals surface area contributed by atoms with Gasteiger partial charge in [-0.2, -0.15) is 0 Å². The lowest BCUT2D eigenvalue weighted by atomic mass is 10.1. The molecule has 1 saturated heterocycles. The highest BCUT2D eigenvalue weighted by Crippen LogP contribution is 2.43. The van der Waals surface area contributed by atoms with Crippen LogP contribution in [0.1, 0.15) is 58.9 Å². The molecule has 0 spiro atoms. The van der Waals surface area contributed by atoms with Crippen LogP contribution in [0.5, 0.6) is 0 Å². The van der Waals surface area contributed by atoms with Crippen LogP contribution in [0.3, 0.4) is 0 Å². The van der Waals surface area contributed by atoms with Gasteiger partial charge >= 0.3 is 5.97 Å². The summed E-state index contributed by atoms with van der Waals surface area (Å²) >= 11 is 14.5. The van der Waals surface area contributed by atoms with E-state index in [1.54, 1.807) is 29.3 Å². The summed E-state index contributed by atoms with van der Waals surface area (Å²) in [7, 11) is 0. The number of para-hydroxylation sites is 1. The number of furan rings is 1. The van der Waals surface area contributed by atoms with Gasteiger partial charge in [-0.05, 0) is 50.5 Å². The largest absolute Gasteiger partial charge is 0.481 e. The number of benzene rings is 2. The van der Waals surface area contributed by atoms with E-state index in [4.69, 9.17) is 37.5 Å². The highest BCUT2D eigenvalue weighted by atomic mass is 35.5. The molecule has 2 amide bonds. The van der Waals surface area contributed by atoms with Crippen molar-refractivity contribution in [1.29, 1.82) is 0 Å². The molecule has 220 valence electrons. The number of nitrogens with zero attached hydrogens (tertiary/aromatic N) is 2. The van der Waals surface area contributed by atoms with E-state index in [1.165, 1.54) is 23.7 Å². The minimum atomic E-state index is -1.06. The van der Waals surface area contributed by atoms with Crippen LogP contribution < -0.4 is 5.32 Å². The molecule has 0 unspecified atom stereocenters. The van der Waals surface area contributed by atoms with Gasteiger partial charge in [0.25, 0.3) is 5.91 Å². The normalized spacial score (nSPS) is 16.8. The first-order chi connectivity index (χ1) is 20.1. The molecule has 1 aliphatic heterocycles. The van der Waals surface area contributed by atoms with E-state index in [0.29, 0.717) is 58.6 Å². The summed E-state index contributed by atoms with van der Waals surface area (Å²) in [4.78, 5) is 44.9. The van der Waals surface area contributed by atoms with Crippen LogP contribution >= 0.6 is 34.5 Å². The predicted molar refractivity (Wildman–Crippen MR) is 161 cm³/mol. The van der Waals surface area contributed by atoms with Gasteiger partial charge in [-0.25, -0.2) is 4.98 Å². The number of thiazole rings is 1. The van der Waals surface area contributed by atoms with E-state index in [2.05, 4.69) is 10.3 Å². The van der Waals surface area contributed by atoms with Gasteiger partial charge in [0.2, 0.25) is 5.91 Å². The lowest BCUT2D eigenvalue weighted by Crippen LogP contribution is -2.48. The quantitative estimate of drug-likeness (QED) is 0.195. The second-order valence-corrected chi connectivity index (χ2v) is 12.3. The van der Waals surface area contributed by atoms with Crippen molar-refractivity contribution in [2.75, 3.05) is 11.9 Å². The Labute approximate surface area is 256 Å². The van der Waals surface area contributed by atoms with Crippen molar-refractivity contribution in [2.24, 2.45) is 0 Å². The number of hydrogen-bond acceptors (Lipinski definition) is 7. The lowest BCUT2D eigenvalue weighted by molar-refractivity contribution is -0.182. The van der Waals surface area contributed by atoms with E-state index >= 15 is 0 Å². The number of nitrogens with one attached hydrogen (secondary N) is 1. The number of amides is 2. The Hall–Kier alpha value is -3.44. The summed E-state index contributed by atoms with van der Waals surface area (Å²) in [5, 5.41) is 13.7. The smallest absolute Gasteiger partial charge is 0.303 e. The zero-order valence-corrected chi connectivity index (χ0v) is 25.3. The molecule has 0 bridgehead atoms. The number of halogens is 2. The molecule has 3 heterocycles. The molecule has 0 saturated carbocycles. The number of hydrogen-bond donors (Lipinski definition) is 2. The average molecular weight is 631 g/mol. The summed E-state index contributed by atoms with van der Waals surface area (Å²) in [6.45, 7) is 4.27. The summed E-state index contributed by atoms with van der Waals surface area (Å²) in [6, 6.07) is 10.3. The van der Waals surface area contributed by atoms with Crippen molar-refractivity contribution in [3.63, 3.8) is 0 Å². The molecule has 2 aromatic carbocycles. The molecule has 9 nitrogen and oxygen atoms in total. The van der Waals surface area contributed by atoms with Gasteiger partial charge in [0.15, 0.2) is 5.72 Å². The fourth-order valence-electron chi connectivity index (χ4n) is 5.16. The first-order valence-electron chi connectivity index (χ1n) is 13.5. The van der Waals surface area contributed by atoms with Gasteiger partial charge < -0.3 is 24.5 Å². The molecule has 2 N–H and O–H groups in total. The number of likely N-dealkylation sites (tertiary alicyclic amines) is 1. The Kier molecular flexibility index (Phi) is 8.89. The Balaban J connectivity index is 1.35. The first-order valence-corrected chi connectivity index (χ1v) is 15.1. The minimum absolute atomic E-state index is 0.00328. The second-order valence-electron chi connectivity index (χ2n) is 10.3. The lowest BCUT2D eigenvalue weighted by Gasteiger charge is -2.38. The van der Waals surface area contributed by atoms with Crippen molar-refractivity contribution in [3.05, 3.63) is 79.9 Å². The molecular weight excluding hydrogens is 601 g/mol. The number of carbonyl (C=O) groups is 3. The highest BCUT2D eigenvalue weighted by molar-refractivity contribution is 7.11. The third-order valence-electron chi connectivity index (χ3n) is 6.99. The predicted octanol–water partition coefficient (Wildman–Crippen LogP) is 6.91. The molecule has 0 radical (unpaired) electrons. The number of anilines is 1. The highest BCUT2D eigenvalue weighted by Gasteiger charge is 2.49. The molecule has 2 aromatic heterocycles. The van der Waals surface area contributed by atoms with Gasteiger partial charge in [0.05, 0.1) is 35.2 Å². The van der Waals surface area contributed by atoms with E-state index < -0.39 is 17.6 Å². The molecular formula is C30H29Cl2N3O6S. The van der Waals surface area contributed by atoms with E-state index in [1.807, 2.05) is 26.0 Å². The number of aliphatic carboxylic acids is 1. The number of aromatic nitrogens is 1. The fraction of sp³-hybridized carbons (Fsp3) is 0.333. The SMILES string of the molecule is CC(C)O[C@]1(c2ncc(CCC(=O)O)s2)CCCN1C(=O)Cc1cc(Cl)c(NC(=O)c2coc3ccccc23)cc1Cl. The number of carbonyl (C=O) groups excluding carboxylic acids is 2. The number of carboxylic acid groups (broad SMARTS) is 1. The standard InChI is InChI=1S/C30H29Cl2N3O6S/c1-17(2)41-30(29-33-15-19(42-29)8-9-27(37)38)10-5-11-35(30)26(36)13-18-12-23(32)24(14-22(18)31)34-28(39)21-16-40-25-7-4-3-6-20(21)25/h3-4,6-7,12,14-17H,5,8-11,13H2,1-2H3,(H,34,39)(H,37,38)/t30-/m0/s1. The zero-order chi connectivity index (χ0) is 30.0. The number of ether oxygens (including phenoxy) is 1. The molecule has 1 aliphatic rings. The van der Waals surface area contributed by atoms with Gasteiger partial charge in [-0.3, -0.25) is 14.4 Å². The van der Waals surface area contributed by atoms with Gasteiger partial charge in [0.1, 0.15) is 16.9 Å². The van der Waals surface area contributed by atoms with Crippen molar-refractivity contribution < 1.29 is 28.6 Å². The van der Waals surface area contributed by atoms with Crippen LogP contribution in [0, 0.1) is 0 Å². The first kappa shape index (κ1) is 30.0. The third-order valence-corrected chi connectivity index (χ3v) is 8.84. The molecule has 1 atom stereocenters.